The third-order valence-electron chi connectivity index (χ3n) is 8.90. The molecule has 2 N–H and O–H groups in total. The van der Waals surface area contributed by atoms with Gasteiger partial charge in [-0.25, -0.2) is 4.39 Å². The molecule has 9 nitrogen and oxygen atoms in total. The number of aromatic nitrogens is 2. The second-order valence-corrected chi connectivity index (χ2v) is 13.8. The quantitative estimate of drug-likeness (QED) is 0.148. The molecule has 13 heteroatoms. The van der Waals surface area contributed by atoms with Gasteiger partial charge in [-0.3, -0.25) is 19.1 Å². The number of carbonyl (C=O) groups is 3. The minimum atomic E-state index is -4.55. The molecule has 1 aromatic heterocycles. The zero-order valence-corrected chi connectivity index (χ0v) is 27.4. The molecule has 1 saturated heterocycles. The number of halogens is 4. The van der Waals surface area contributed by atoms with Gasteiger partial charge in [0.2, 0.25) is 0 Å². The SMILES string of the molecule is CC(C)(C)OC(=O)Cc1cc(F)ccc1NC(=O)c1ccc(N2CCC3(CC2)CC3)c(NC(=O)c2nn(CC(F)(F)F)c3ccccc23)c1. The lowest BCUT2D eigenvalue weighted by atomic mass is 9.93. The molecule has 1 saturated carbocycles. The first-order chi connectivity index (χ1) is 23.1. The van der Waals surface area contributed by atoms with E-state index >= 15 is 0 Å². The number of anilines is 3. The van der Waals surface area contributed by atoms with Gasteiger partial charge in [-0.05, 0) is 99.9 Å². The molecule has 49 heavy (non-hydrogen) atoms. The molecule has 2 fully saturated rings. The van der Waals surface area contributed by atoms with Gasteiger partial charge >= 0.3 is 12.1 Å². The van der Waals surface area contributed by atoms with Crippen molar-refractivity contribution < 1.29 is 36.7 Å². The monoisotopic (exact) mass is 679 g/mol. The van der Waals surface area contributed by atoms with Gasteiger partial charge in [0.25, 0.3) is 11.8 Å². The van der Waals surface area contributed by atoms with Gasteiger partial charge in [0.1, 0.15) is 18.0 Å². The van der Waals surface area contributed by atoms with Crippen LogP contribution in [-0.4, -0.2) is 52.4 Å². The predicted octanol–water partition coefficient (Wildman–Crippen LogP) is 7.51. The van der Waals surface area contributed by atoms with E-state index in [0.29, 0.717) is 11.1 Å². The molecule has 1 spiro atoms. The van der Waals surface area contributed by atoms with Crippen molar-refractivity contribution >= 4 is 45.7 Å². The van der Waals surface area contributed by atoms with Gasteiger partial charge in [-0.1, -0.05) is 18.2 Å². The standard InChI is InChI=1S/C36H37F4N5O4/c1-34(2,3)49-30(46)20-23-18-24(37)9-10-26(23)41-32(47)22-8-11-29(44-16-14-35(12-13-35)15-17-44)27(19-22)42-33(48)31-25-6-4-5-7-28(25)45(43-31)21-36(38,39)40/h4-11,18-19H,12-17,20-21H2,1-3H3,(H,41,47)(H,42,48). The Balaban J connectivity index is 1.30. The molecule has 0 bridgehead atoms. The summed E-state index contributed by atoms with van der Waals surface area (Å²) < 4.78 is 60.4. The molecule has 4 aromatic rings. The van der Waals surface area contributed by atoms with E-state index in [2.05, 4.69) is 20.6 Å². The summed E-state index contributed by atoms with van der Waals surface area (Å²) in [5.41, 5.74) is 1.10. The van der Waals surface area contributed by atoms with Crippen LogP contribution in [0.3, 0.4) is 0 Å². The molecule has 3 aromatic carbocycles. The zero-order valence-electron chi connectivity index (χ0n) is 27.4. The Labute approximate surface area is 280 Å². The summed E-state index contributed by atoms with van der Waals surface area (Å²) in [5.74, 6) is -2.51. The summed E-state index contributed by atoms with van der Waals surface area (Å²) in [5, 5.41) is 9.86. The smallest absolute Gasteiger partial charge is 0.408 e. The first-order valence-corrected chi connectivity index (χ1v) is 16.1. The van der Waals surface area contributed by atoms with Crippen molar-refractivity contribution in [2.75, 3.05) is 28.6 Å². The summed E-state index contributed by atoms with van der Waals surface area (Å²) in [7, 11) is 0. The number of hydrogen-bond donors (Lipinski definition) is 2. The average Bonchev–Trinajstić information content (AvgIpc) is 3.68. The number of nitrogens with one attached hydrogen (secondary N) is 2. The number of nitrogens with zero attached hydrogens (tertiary/aromatic N) is 3. The fourth-order valence-corrected chi connectivity index (χ4v) is 6.28. The maximum absolute atomic E-state index is 14.2. The number of para-hydroxylation sites is 1. The average molecular weight is 680 g/mol. The van der Waals surface area contributed by atoms with Crippen molar-refractivity contribution in [3.8, 4) is 0 Å². The number of alkyl halides is 3. The van der Waals surface area contributed by atoms with Gasteiger partial charge in [0, 0.05) is 29.7 Å². The fourth-order valence-electron chi connectivity index (χ4n) is 6.28. The number of hydrogen-bond acceptors (Lipinski definition) is 6. The number of fused-ring (bicyclic) bond motifs is 1. The van der Waals surface area contributed by atoms with Crippen LogP contribution in [0.25, 0.3) is 10.9 Å². The number of piperidine rings is 1. The molecule has 0 unspecified atom stereocenters. The van der Waals surface area contributed by atoms with Crippen LogP contribution < -0.4 is 15.5 Å². The second-order valence-electron chi connectivity index (χ2n) is 13.8. The van der Waals surface area contributed by atoms with Crippen LogP contribution in [0.5, 0.6) is 0 Å². The van der Waals surface area contributed by atoms with Crippen LogP contribution >= 0.6 is 0 Å². The van der Waals surface area contributed by atoms with Crippen LogP contribution in [0.4, 0.5) is 34.6 Å². The second kappa shape index (κ2) is 12.8. The summed E-state index contributed by atoms with van der Waals surface area (Å²) in [4.78, 5) is 42.0. The number of ether oxygens (including phenoxy) is 1. The lowest BCUT2D eigenvalue weighted by molar-refractivity contribution is -0.154. The third-order valence-corrected chi connectivity index (χ3v) is 8.90. The van der Waals surface area contributed by atoms with Crippen molar-refractivity contribution in [3.05, 3.63) is 83.3 Å². The van der Waals surface area contributed by atoms with E-state index in [4.69, 9.17) is 4.74 Å². The lowest BCUT2D eigenvalue weighted by Gasteiger charge is -2.35. The van der Waals surface area contributed by atoms with Crippen LogP contribution in [0.15, 0.2) is 60.7 Å². The molecule has 6 rings (SSSR count). The van der Waals surface area contributed by atoms with E-state index in [-0.39, 0.29) is 45.5 Å². The van der Waals surface area contributed by atoms with Crippen LogP contribution in [-0.2, 0) is 22.5 Å². The van der Waals surface area contributed by atoms with Gasteiger partial charge in [0.05, 0.1) is 23.3 Å². The molecule has 2 heterocycles. The first kappa shape index (κ1) is 33.9. The van der Waals surface area contributed by atoms with Gasteiger partial charge in [-0.2, -0.15) is 18.3 Å². The molecule has 258 valence electrons. The molecule has 1 aliphatic carbocycles. The molecule has 1 aliphatic heterocycles. The maximum Gasteiger partial charge on any atom is 0.408 e. The van der Waals surface area contributed by atoms with Crippen LogP contribution in [0, 0.1) is 11.2 Å². The molecule has 0 radical (unpaired) electrons. The molecular weight excluding hydrogens is 642 g/mol. The minimum Gasteiger partial charge on any atom is -0.460 e. The lowest BCUT2D eigenvalue weighted by Crippen LogP contribution is -2.35. The highest BCUT2D eigenvalue weighted by Gasteiger charge is 2.44. The Kier molecular flexibility index (Phi) is 8.89. The van der Waals surface area contributed by atoms with E-state index in [1.165, 1.54) is 37.1 Å². The topological polar surface area (TPSA) is 106 Å². The minimum absolute atomic E-state index is 0.148. The maximum atomic E-state index is 14.2. The Morgan fingerprint density at radius 3 is 2.24 bits per heavy atom. The fraction of sp³-hybridized carbons (Fsp3) is 0.389. The summed E-state index contributed by atoms with van der Waals surface area (Å²) in [6, 6.07) is 14.7. The van der Waals surface area contributed by atoms with E-state index in [1.54, 1.807) is 45.0 Å². The molecule has 2 aliphatic rings. The molecule has 2 amide bonds. The van der Waals surface area contributed by atoms with Crippen LogP contribution in [0.2, 0.25) is 0 Å². The highest BCUT2D eigenvalue weighted by atomic mass is 19.4. The van der Waals surface area contributed by atoms with Crippen molar-refractivity contribution in [2.45, 2.75) is 71.2 Å². The van der Waals surface area contributed by atoms with Gasteiger partial charge in [-0.15, -0.1) is 0 Å². The van der Waals surface area contributed by atoms with E-state index in [9.17, 15) is 31.9 Å². The van der Waals surface area contributed by atoms with Gasteiger partial charge in [0.15, 0.2) is 5.69 Å². The number of carbonyl (C=O) groups excluding carboxylic acids is 3. The normalized spacial score (nSPS) is 15.7. The van der Waals surface area contributed by atoms with Crippen LogP contribution in [0.1, 0.15) is 72.9 Å². The predicted molar refractivity (Wildman–Crippen MR) is 177 cm³/mol. The first-order valence-electron chi connectivity index (χ1n) is 16.1. The Bertz CT molecular complexity index is 1920. The molecule has 0 atom stereocenters. The summed E-state index contributed by atoms with van der Waals surface area (Å²) in [6.07, 6.45) is -0.481. The van der Waals surface area contributed by atoms with Crippen molar-refractivity contribution in [2.24, 2.45) is 5.41 Å². The Hall–Kier alpha value is -4.94. The number of rotatable bonds is 8. The van der Waals surface area contributed by atoms with E-state index < -0.39 is 41.9 Å². The molecular formula is C36H37F4N5O4. The Morgan fingerprint density at radius 2 is 1.57 bits per heavy atom. The highest BCUT2D eigenvalue weighted by Crippen LogP contribution is 2.54. The van der Waals surface area contributed by atoms with Crippen molar-refractivity contribution in [1.29, 1.82) is 0 Å². The van der Waals surface area contributed by atoms with E-state index in [0.717, 1.165) is 42.7 Å². The van der Waals surface area contributed by atoms with Gasteiger partial charge < -0.3 is 20.3 Å². The highest BCUT2D eigenvalue weighted by molar-refractivity contribution is 6.13. The summed E-state index contributed by atoms with van der Waals surface area (Å²) in [6.45, 7) is 5.25. The van der Waals surface area contributed by atoms with Crippen molar-refractivity contribution in [3.63, 3.8) is 0 Å². The number of amides is 2. The van der Waals surface area contributed by atoms with E-state index in [1.807, 2.05) is 0 Å². The number of benzene rings is 3. The van der Waals surface area contributed by atoms with Crippen molar-refractivity contribution in [1.82, 2.24) is 9.78 Å². The largest absolute Gasteiger partial charge is 0.460 e. The third kappa shape index (κ3) is 8.03. The summed E-state index contributed by atoms with van der Waals surface area (Å²) >= 11 is 0. The zero-order chi connectivity index (χ0) is 35.1. The Morgan fingerprint density at radius 1 is 0.878 bits per heavy atom. The number of esters is 1.